The number of carbonyl (C=O) groups is 2. The highest BCUT2D eigenvalue weighted by Gasteiger charge is 2.38. The number of ether oxygens (including phenoxy) is 2. The molecule has 1 aromatic rings. The second-order valence-corrected chi connectivity index (χ2v) is 6.71. The van der Waals surface area contributed by atoms with Crippen molar-refractivity contribution in [2.24, 2.45) is 0 Å². The Morgan fingerprint density at radius 3 is 2.27 bits per heavy atom. The van der Waals surface area contributed by atoms with Crippen LogP contribution in [0.3, 0.4) is 0 Å². The summed E-state index contributed by atoms with van der Waals surface area (Å²) in [6, 6.07) is 4.67. The van der Waals surface area contributed by atoms with Crippen LogP contribution in [0.25, 0.3) is 0 Å². The molecule has 1 saturated heterocycles. The van der Waals surface area contributed by atoms with E-state index in [1.54, 1.807) is 7.11 Å². The number of pyridine rings is 1. The summed E-state index contributed by atoms with van der Waals surface area (Å²) >= 11 is 0. The van der Waals surface area contributed by atoms with Crippen molar-refractivity contribution in [1.29, 1.82) is 0 Å². The van der Waals surface area contributed by atoms with E-state index in [9.17, 15) is 26.3 Å². The maximum absolute atomic E-state index is 10.6. The summed E-state index contributed by atoms with van der Waals surface area (Å²) in [5.74, 6) is -3.72. The average Bonchev–Trinajstić information content (AvgIpc) is 3.03. The Bertz CT molecular complexity index is 766. The first-order chi connectivity index (χ1) is 15.3. The van der Waals surface area contributed by atoms with Crippen molar-refractivity contribution in [3.63, 3.8) is 0 Å². The molecular weight excluding hydrogens is 468 g/mol. The second kappa shape index (κ2) is 12.4. The van der Waals surface area contributed by atoms with Crippen molar-refractivity contribution in [2.75, 3.05) is 38.3 Å². The molecule has 1 aromatic heterocycles. The molecule has 188 valence electrons. The molecule has 0 aromatic carbocycles. The van der Waals surface area contributed by atoms with Gasteiger partial charge in [0.15, 0.2) is 0 Å². The fraction of sp³-hybridized carbons (Fsp3) is 0.611. The van der Waals surface area contributed by atoms with E-state index >= 15 is 0 Å². The Kier molecular flexibility index (Phi) is 10.6. The SMILES string of the molecule is COC[C@H]1CCCN1c1ccc2c(n1)OCCNC2.O=C(O)C(F)(F)F.O=C(O)C(F)(F)F. The minimum absolute atomic E-state index is 0.444. The van der Waals surface area contributed by atoms with Gasteiger partial charge >= 0.3 is 24.3 Å². The standard InChI is InChI=1S/C14H21N3O2.2C2HF3O2/c1-18-10-12-3-2-7-17(12)13-5-4-11-9-15-6-8-19-14(11)16-13;2*3-2(4,5)1(6)7/h4-5,12,15H,2-3,6-10H2,1H3;2*(H,6,7)/t12-;;/m1../s1. The van der Waals surface area contributed by atoms with Crippen LogP contribution >= 0.6 is 0 Å². The molecule has 0 amide bonds. The fourth-order valence-corrected chi connectivity index (χ4v) is 2.82. The zero-order valence-corrected chi connectivity index (χ0v) is 17.4. The molecule has 33 heavy (non-hydrogen) atoms. The highest BCUT2D eigenvalue weighted by molar-refractivity contribution is 5.73. The predicted octanol–water partition coefficient (Wildman–Crippen LogP) is 2.45. The Balaban J connectivity index is 0.000000324. The van der Waals surface area contributed by atoms with Gasteiger partial charge in [-0.3, -0.25) is 0 Å². The monoisotopic (exact) mass is 491 g/mol. The van der Waals surface area contributed by atoms with Crippen LogP contribution in [-0.4, -0.2) is 78.9 Å². The zero-order valence-electron chi connectivity index (χ0n) is 17.4. The third-order valence-electron chi connectivity index (χ3n) is 4.27. The third-order valence-corrected chi connectivity index (χ3v) is 4.27. The average molecular weight is 491 g/mol. The van der Waals surface area contributed by atoms with Crippen LogP contribution in [0.1, 0.15) is 18.4 Å². The Hall–Kier alpha value is -2.81. The maximum atomic E-state index is 10.6. The lowest BCUT2D eigenvalue weighted by Gasteiger charge is -2.25. The van der Waals surface area contributed by atoms with Gasteiger partial charge in [-0.05, 0) is 25.0 Å². The van der Waals surface area contributed by atoms with Crippen molar-refractivity contribution >= 4 is 17.8 Å². The van der Waals surface area contributed by atoms with Crippen LogP contribution in [0.5, 0.6) is 5.88 Å². The number of anilines is 1. The van der Waals surface area contributed by atoms with E-state index in [-0.39, 0.29) is 0 Å². The summed E-state index contributed by atoms with van der Waals surface area (Å²) < 4.78 is 74.5. The number of alkyl halides is 6. The molecule has 0 bridgehead atoms. The number of nitrogens with zero attached hydrogens (tertiary/aromatic N) is 2. The largest absolute Gasteiger partial charge is 0.490 e. The molecule has 2 aliphatic heterocycles. The van der Waals surface area contributed by atoms with Crippen molar-refractivity contribution in [3.05, 3.63) is 17.7 Å². The predicted molar refractivity (Wildman–Crippen MR) is 101 cm³/mol. The van der Waals surface area contributed by atoms with E-state index in [0.29, 0.717) is 12.6 Å². The molecule has 2 aliphatic rings. The Labute approximate surface area is 184 Å². The molecule has 3 rings (SSSR count). The molecule has 3 N–H and O–H groups in total. The van der Waals surface area contributed by atoms with Gasteiger partial charge in [0.05, 0.1) is 12.6 Å². The molecule has 0 radical (unpaired) electrons. The van der Waals surface area contributed by atoms with E-state index in [0.717, 1.165) is 43.5 Å². The smallest absolute Gasteiger partial charge is 0.476 e. The first-order valence-electron chi connectivity index (χ1n) is 9.46. The molecule has 1 fully saturated rings. The summed E-state index contributed by atoms with van der Waals surface area (Å²) in [5, 5.41) is 17.6. The topological polar surface area (TPSA) is 121 Å². The summed E-state index contributed by atoms with van der Waals surface area (Å²) in [7, 11) is 1.76. The molecule has 0 spiro atoms. The number of hydrogen-bond donors (Lipinski definition) is 3. The molecule has 0 saturated carbocycles. The maximum Gasteiger partial charge on any atom is 0.490 e. The lowest BCUT2D eigenvalue weighted by atomic mass is 10.2. The lowest BCUT2D eigenvalue weighted by Crippen LogP contribution is -2.33. The minimum atomic E-state index is -5.08. The van der Waals surface area contributed by atoms with Crippen molar-refractivity contribution < 1.29 is 55.6 Å². The van der Waals surface area contributed by atoms with Gasteiger partial charge in [-0.2, -0.15) is 31.3 Å². The Morgan fingerprint density at radius 2 is 1.76 bits per heavy atom. The number of rotatable bonds is 3. The molecule has 0 aliphatic carbocycles. The first-order valence-corrected chi connectivity index (χ1v) is 9.46. The number of carboxylic acid groups (broad SMARTS) is 2. The van der Waals surface area contributed by atoms with Gasteiger partial charge in [0.2, 0.25) is 5.88 Å². The highest BCUT2D eigenvalue weighted by Crippen LogP contribution is 2.28. The summed E-state index contributed by atoms with van der Waals surface area (Å²) in [4.78, 5) is 24.8. The van der Waals surface area contributed by atoms with Crippen LogP contribution < -0.4 is 15.0 Å². The van der Waals surface area contributed by atoms with Crippen LogP contribution in [0.15, 0.2) is 12.1 Å². The normalized spacial score (nSPS) is 17.9. The van der Waals surface area contributed by atoms with Crippen LogP contribution in [0.4, 0.5) is 32.2 Å². The van der Waals surface area contributed by atoms with E-state index in [1.807, 2.05) is 0 Å². The van der Waals surface area contributed by atoms with Gasteiger partial charge in [0.25, 0.3) is 0 Å². The number of methoxy groups -OCH3 is 1. The van der Waals surface area contributed by atoms with Gasteiger partial charge in [-0.25, -0.2) is 9.59 Å². The van der Waals surface area contributed by atoms with E-state index < -0.39 is 24.3 Å². The number of nitrogens with one attached hydrogen (secondary N) is 1. The van der Waals surface area contributed by atoms with Gasteiger partial charge in [-0.1, -0.05) is 0 Å². The molecule has 9 nitrogen and oxygen atoms in total. The second-order valence-electron chi connectivity index (χ2n) is 6.71. The quantitative estimate of drug-likeness (QED) is 0.548. The van der Waals surface area contributed by atoms with Gasteiger partial charge in [0.1, 0.15) is 12.4 Å². The molecule has 0 unspecified atom stereocenters. The van der Waals surface area contributed by atoms with Crippen molar-refractivity contribution in [3.8, 4) is 5.88 Å². The fourth-order valence-electron chi connectivity index (χ4n) is 2.82. The number of fused-ring (bicyclic) bond motifs is 1. The summed E-state index contributed by atoms with van der Waals surface area (Å²) in [6.07, 6.45) is -7.79. The number of aromatic nitrogens is 1. The van der Waals surface area contributed by atoms with Crippen LogP contribution in [-0.2, 0) is 20.9 Å². The van der Waals surface area contributed by atoms with Crippen molar-refractivity contribution in [1.82, 2.24) is 10.3 Å². The number of carboxylic acids is 2. The minimum Gasteiger partial charge on any atom is -0.476 e. The number of halogens is 6. The Morgan fingerprint density at radius 1 is 1.18 bits per heavy atom. The highest BCUT2D eigenvalue weighted by atomic mass is 19.4. The van der Waals surface area contributed by atoms with Gasteiger partial charge in [-0.15, -0.1) is 0 Å². The third kappa shape index (κ3) is 9.69. The van der Waals surface area contributed by atoms with E-state index in [1.165, 1.54) is 12.8 Å². The van der Waals surface area contributed by atoms with E-state index in [2.05, 4.69) is 22.3 Å². The zero-order chi connectivity index (χ0) is 25.2. The van der Waals surface area contributed by atoms with Gasteiger partial charge in [0, 0.05) is 32.3 Å². The first kappa shape index (κ1) is 28.2. The molecule has 3 heterocycles. The van der Waals surface area contributed by atoms with Crippen molar-refractivity contribution in [2.45, 2.75) is 37.8 Å². The number of hydrogen-bond acceptors (Lipinski definition) is 7. The van der Waals surface area contributed by atoms with Gasteiger partial charge < -0.3 is 29.9 Å². The lowest BCUT2D eigenvalue weighted by molar-refractivity contribution is -0.193. The summed E-state index contributed by atoms with van der Waals surface area (Å²) in [5.41, 5.74) is 1.14. The van der Waals surface area contributed by atoms with Crippen LogP contribution in [0.2, 0.25) is 0 Å². The molecule has 1 atom stereocenters. The van der Waals surface area contributed by atoms with Crippen LogP contribution in [0, 0.1) is 0 Å². The number of aliphatic carboxylic acids is 2. The van der Waals surface area contributed by atoms with E-state index in [4.69, 9.17) is 34.3 Å². The summed E-state index contributed by atoms with van der Waals surface area (Å²) in [6.45, 7) is 4.22. The molecular formula is C18H23F6N3O6. The molecule has 15 heteroatoms.